The normalized spacial score (nSPS) is 13.9. The van der Waals surface area contributed by atoms with Crippen LogP contribution in [0.1, 0.15) is 42.7 Å². The van der Waals surface area contributed by atoms with Crippen LogP contribution in [0, 0.1) is 0 Å². The highest BCUT2D eigenvalue weighted by Crippen LogP contribution is 2.27. The predicted molar refractivity (Wildman–Crippen MR) is 142 cm³/mol. The number of rotatable bonds is 6. The van der Waals surface area contributed by atoms with Gasteiger partial charge in [0.25, 0.3) is 0 Å². The second-order valence-corrected chi connectivity index (χ2v) is 9.00. The van der Waals surface area contributed by atoms with E-state index in [1.807, 2.05) is 91.0 Å². The van der Waals surface area contributed by atoms with Crippen molar-refractivity contribution in [3.8, 4) is 11.3 Å². The number of amides is 1. The molecule has 0 bridgehead atoms. The molecule has 0 spiro atoms. The number of carbonyl (C=O) groups excluding carboxylic acids is 1. The van der Waals surface area contributed by atoms with Crippen molar-refractivity contribution in [1.82, 2.24) is 10.2 Å². The molecule has 1 amide bonds. The lowest BCUT2D eigenvalue weighted by atomic mass is 9.90. The maximum atomic E-state index is 13.3. The summed E-state index contributed by atoms with van der Waals surface area (Å²) >= 11 is 0. The molecule has 1 aliphatic rings. The summed E-state index contributed by atoms with van der Waals surface area (Å²) in [5, 5.41) is 12.1. The van der Waals surface area contributed by atoms with Gasteiger partial charge in [0.05, 0.1) is 11.6 Å². The fourth-order valence-corrected chi connectivity index (χ4v) is 4.67. The molecule has 5 heteroatoms. The molecule has 4 aromatic rings. The molecule has 5 rings (SSSR count). The van der Waals surface area contributed by atoms with Gasteiger partial charge in [0.1, 0.15) is 0 Å². The summed E-state index contributed by atoms with van der Waals surface area (Å²) in [4.78, 5) is 15.7. The third-order valence-electron chi connectivity index (χ3n) is 6.56. The number of nitrogens with one attached hydrogen (secondary N) is 1. The van der Waals surface area contributed by atoms with E-state index >= 15 is 0 Å². The monoisotopic (exact) mass is 462 g/mol. The Morgan fingerprint density at radius 1 is 0.686 bits per heavy atom. The van der Waals surface area contributed by atoms with Crippen LogP contribution in [0.25, 0.3) is 11.3 Å². The van der Waals surface area contributed by atoms with Gasteiger partial charge in [0.2, 0.25) is 5.91 Å². The summed E-state index contributed by atoms with van der Waals surface area (Å²) in [7, 11) is 0. The van der Waals surface area contributed by atoms with Crippen LogP contribution in [0.3, 0.4) is 0 Å². The van der Waals surface area contributed by atoms with E-state index in [9.17, 15) is 4.79 Å². The average Bonchev–Trinajstić information content (AvgIpc) is 3.21. The highest BCUT2D eigenvalue weighted by molar-refractivity contribution is 5.98. The van der Waals surface area contributed by atoms with Gasteiger partial charge in [-0.25, -0.2) is 0 Å². The summed E-state index contributed by atoms with van der Waals surface area (Å²) in [5.41, 5.74) is 4.48. The standard InChI is InChI=1S/C30H30N4O/c35-30(29(24-11-5-3-6-12-24)25-13-7-4-8-14-25)31-26-17-15-23(16-18-26)27-19-20-28(33-32-27)34-21-9-1-2-10-22-34/h3-8,11-20,29H,1-2,9-10,21-22H2,(H,31,35). The average molecular weight is 463 g/mol. The van der Waals surface area contributed by atoms with Crippen molar-refractivity contribution in [3.05, 3.63) is 108 Å². The molecule has 0 saturated carbocycles. The van der Waals surface area contributed by atoms with Crippen LogP contribution in [0.15, 0.2) is 97.1 Å². The summed E-state index contributed by atoms with van der Waals surface area (Å²) in [5.74, 6) is 0.513. The molecule has 5 nitrogen and oxygen atoms in total. The Hall–Kier alpha value is -3.99. The quantitative estimate of drug-likeness (QED) is 0.366. The maximum Gasteiger partial charge on any atom is 0.236 e. The largest absolute Gasteiger partial charge is 0.355 e. The molecular weight excluding hydrogens is 432 g/mol. The first-order valence-electron chi connectivity index (χ1n) is 12.4. The van der Waals surface area contributed by atoms with Crippen molar-refractivity contribution in [2.45, 2.75) is 31.6 Å². The topological polar surface area (TPSA) is 58.1 Å². The highest BCUT2D eigenvalue weighted by Gasteiger charge is 2.22. The first-order chi connectivity index (χ1) is 17.3. The Morgan fingerprint density at radius 2 is 1.29 bits per heavy atom. The smallest absolute Gasteiger partial charge is 0.236 e. The third-order valence-corrected chi connectivity index (χ3v) is 6.56. The van der Waals surface area contributed by atoms with Gasteiger partial charge in [0.15, 0.2) is 5.82 Å². The number of hydrogen-bond donors (Lipinski definition) is 1. The lowest BCUT2D eigenvalue weighted by Gasteiger charge is -2.20. The predicted octanol–water partition coefficient (Wildman–Crippen LogP) is 6.29. The Bertz CT molecular complexity index is 1180. The van der Waals surface area contributed by atoms with Crippen molar-refractivity contribution in [2.24, 2.45) is 0 Å². The van der Waals surface area contributed by atoms with Crippen LogP contribution in [0.5, 0.6) is 0 Å². The number of nitrogens with zero attached hydrogens (tertiary/aromatic N) is 3. The molecule has 176 valence electrons. The van der Waals surface area contributed by atoms with Gasteiger partial charge in [-0.15, -0.1) is 10.2 Å². The van der Waals surface area contributed by atoms with E-state index < -0.39 is 0 Å². The van der Waals surface area contributed by atoms with E-state index in [1.165, 1.54) is 25.7 Å². The highest BCUT2D eigenvalue weighted by atomic mass is 16.1. The van der Waals surface area contributed by atoms with Gasteiger partial charge in [0, 0.05) is 24.3 Å². The molecule has 1 N–H and O–H groups in total. The van der Waals surface area contributed by atoms with Crippen molar-refractivity contribution in [1.29, 1.82) is 0 Å². The van der Waals surface area contributed by atoms with Crippen molar-refractivity contribution in [3.63, 3.8) is 0 Å². The van der Waals surface area contributed by atoms with Crippen LogP contribution >= 0.6 is 0 Å². The molecule has 1 fully saturated rings. The zero-order valence-corrected chi connectivity index (χ0v) is 19.8. The number of anilines is 2. The number of aromatic nitrogens is 2. The molecule has 1 aliphatic heterocycles. The van der Waals surface area contributed by atoms with Gasteiger partial charge >= 0.3 is 0 Å². The van der Waals surface area contributed by atoms with Gasteiger partial charge in [-0.2, -0.15) is 0 Å². The van der Waals surface area contributed by atoms with E-state index in [1.54, 1.807) is 0 Å². The molecule has 0 atom stereocenters. The Morgan fingerprint density at radius 3 is 1.83 bits per heavy atom. The Balaban J connectivity index is 1.30. The number of hydrogen-bond acceptors (Lipinski definition) is 4. The van der Waals surface area contributed by atoms with Crippen LogP contribution in [-0.4, -0.2) is 29.2 Å². The lowest BCUT2D eigenvalue weighted by molar-refractivity contribution is -0.116. The van der Waals surface area contributed by atoms with Crippen LogP contribution in [-0.2, 0) is 4.79 Å². The fourth-order valence-electron chi connectivity index (χ4n) is 4.67. The second-order valence-electron chi connectivity index (χ2n) is 9.00. The molecule has 1 aromatic heterocycles. The minimum Gasteiger partial charge on any atom is -0.355 e. The van der Waals surface area contributed by atoms with E-state index in [0.29, 0.717) is 0 Å². The first kappa shape index (κ1) is 22.8. The molecular formula is C30H30N4O. The minimum absolute atomic E-state index is 0.0586. The Kier molecular flexibility index (Phi) is 7.13. The Labute approximate surface area is 206 Å². The molecule has 0 unspecified atom stereocenters. The van der Waals surface area contributed by atoms with Gasteiger partial charge in [-0.05, 0) is 48.2 Å². The third kappa shape index (κ3) is 5.57. The van der Waals surface area contributed by atoms with Gasteiger partial charge in [-0.3, -0.25) is 4.79 Å². The number of benzene rings is 3. The summed E-state index contributed by atoms with van der Waals surface area (Å²) in [6.07, 6.45) is 5.02. The molecule has 35 heavy (non-hydrogen) atoms. The number of carbonyl (C=O) groups is 1. The summed E-state index contributed by atoms with van der Waals surface area (Å²) in [6, 6.07) is 31.7. The van der Waals surface area contributed by atoms with Crippen LogP contribution in [0.2, 0.25) is 0 Å². The van der Waals surface area contributed by atoms with E-state index in [4.69, 9.17) is 0 Å². The van der Waals surface area contributed by atoms with E-state index in [2.05, 4.69) is 26.5 Å². The molecule has 2 heterocycles. The maximum absolute atomic E-state index is 13.3. The fraction of sp³-hybridized carbons (Fsp3) is 0.233. The molecule has 1 saturated heterocycles. The summed E-state index contributed by atoms with van der Waals surface area (Å²) in [6.45, 7) is 2.10. The van der Waals surface area contributed by atoms with Gasteiger partial charge in [-0.1, -0.05) is 85.6 Å². The van der Waals surface area contributed by atoms with E-state index in [0.717, 1.165) is 47.0 Å². The second kappa shape index (κ2) is 11.0. The van der Waals surface area contributed by atoms with Gasteiger partial charge < -0.3 is 10.2 Å². The SMILES string of the molecule is O=C(Nc1ccc(-c2ccc(N3CCCCCC3)nn2)cc1)C(c1ccccc1)c1ccccc1. The van der Waals surface area contributed by atoms with E-state index in [-0.39, 0.29) is 11.8 Å². The molecule has 0 radical (unpaired) electrons. The minimum atomic E-state index is -0.380. The molecule has 3 aromatic carbocycles. The lowest BCUT2D eigenvalue weighted by Crippen LogP contribution is -2.25. The van der Waals surface area contributed by atoms with Crippen molar-refractivity contribution < 1.29 is 4.79 Å². The first-order valence-corrected chi connectivity index (χ1v) is 12.4. The van der Waals surface area contributed by atoms with Crippen LogP contribution < -0.4 is 10.2 Å². The zero-order valence-electron chi connectivity index (χ0n) is 19.8. The van der Waals surface area contributed by atoms with Crippen molar-refractivity contribution >= 4 is 17.4 Å². The molecule has 0 aliphatic carbocycles. The zero-order chi connectivity index (χ0) is 23.9. The van der Waals surface area contributed by atoms with Crippen LogP contribution in [0.4, 0.5) is 11.5 Å². The summed E-state index contributed by atoms with van der Waals surface area (Å²) < 4.78 is 0. The van der Waals surface area contributed by atoms with Crippen molar-refractivity contribution in [2.75, 3.05) is 23.3 Å².